The molecule has 106 valence electrons. The number of hydrogen-bond donors (Lipinski definition) is 1. The number of anilines is 1. The molecule has 0 radical (unpaired) electrons. The number of rotatable bonds is 5. The molecule has 0 aliphatic rings. The molecule has 0 aliphatic heterocycles. The van der Waals surface area contributed by atoms with Gasteiger partial charge in [0.05, 0.1) is 6.54 Å². The molecular formula is C14H15BrN2O2S. The Morgan fingerprint density at radius 3 is 2.85 bits per heavy atom. The van der Waals surface area contributed by atoms with E-state index in [4.69, 9.17) is 0 Å². The largest absolute Gasteiger partial charge is 0.478 e. The van der Waals surface area contributed by atoms with Crippen molar-refractivity contribution in [2.24, 2.45) is 0 Å². The Hall–Kier alpha value is -1.40. The summed E-state index contributed by atoms with van der Waals surface area (Å²) in [6.45, 7) is 4.72. The van der Waals surface area contributed by atoms with E-state index < -0.39 is 5.97 Å². The molecule has 2 aromatic heterocycles. The third kappa shape index (κ3) is 3.37. The van der Waals surface area contributed by atoms with E-state index in [-0.39, 0.29) is 11.6 Å². The van der Waals surface area contributed by atoms with E-state index in [1.807, 2.05) is 36.3 Å². The van der Waals surface area contributed by atoms with Gasteiger partial charge in [-0.05, 0) is 47.3 Å². The second kappa shape index (κ2) is 6.37. The second-order valence-electron chi connectivity index (χ2n) is 4.63. The van der Waals surface area contributed by atoms with E-state index in [2.05, 4.69) is 20.9 Å². The molecule has 4 nitrogen and oxygen atoms in total. The minimum atomic E-state index is -0.967. The number of aromatic nitrogens is 1. The highest BCUT2D eigenvalue weighted by molar-refractivity contribution is 9.10. The topological polar surface area (TPSA) is 53.4 Å². The van der Waals surface area contributed by atoms with Crippen molar-refractivity contribution in [3.05, 3.63) is 44.7 Å². The zero-order chi connectivity index (χ0) is 14.7. The number of carbonyl (C=O) groups is 1. The molecule has 0 fully saturated rings. The third-order valence-electron chi connectivity index (χ3n) is 2.87. The first-order valence-corrected chi connectivity index (χ1v) is 7.84. The summed E-state index contributed by atoms with van der Waals surface area (Å²) in [7, 11) is 0. The molecule has 2 rings (SSSR count). The molecule has 0 unspecified atom stereocenters. The number of halogens is 1. The highest BCUT2D eigenvalue weighted by Gasteiger charge is 2.21. The molecule has 0 spiro atoms. The maximum absolute atomic E-state index is 11.4. The summed E-state index contributed by atoms with van der Waals surface area (Å²) in [5.41, 5.74) is 0.213. The summed E-state index contributed by atoms with van der Waals surface area (Å²) >= 11 is 4.92. The van der Waals surface area contributed by atoms with E-state index in [1.54, 1.807) is 23.6 Å². The number of nitrogens with zero attached hydrogens (tertiary/aromatic N) is 2. The summed E-state index contributed by atoms with van der Waals surface area (Å²) < 4.78 is 0.665. The fraction of sp³-hybridized carbons (Fsp3) is 0.286. The first-order chi connectivity index (χ1) is 9.49. The molecule has 1 N–H and O–H groups in total. The van der Waals surface area contributed by atoms with Crippen molar-refractivity contribution in [1.82, 2.24) is 4.98 Å². The van der Waals surface area contributed by atoms with Crippen LogP contribution in [0, 0.1) is 0 Å². The van der Waals surface area contributed by atoms with Gasteiger partial charge in [-0.15, -0.1) is 11.3 Å². The van der Waals surface area contributed by atoms with Gasteiger partial charge in [0.2, 0.25) is 0 Å². The van der Waals surface area contributed by atoms with Gasteiger partial charge in [0.25, 0.3) is 0 Å². The van der Waals surface area contributed by atoms with Gasteiger partial charge in [-0.1, -0.05) is 6.07 Å². The van der Waals surface area contributed by atoms with Gasteiger partial charge >= 0.3 is 5.97 Å². The summed E-state index contributed by atoms with van der Waals surface area (Å²) in [6.07, 6.45) is 1.63. The maximum Gasteiger partial charge on any atom is 0.339 e. The van der Waals surface area contributed by atoms with Gasteiger partial charge in [-0.25, -0.2) is 9.78 Å². The summed E-state index contributed by atoms with van der Waals surface area (Å²) in [6, 6.07) is 5.78. The Balaban J connectivity index is 2.41. The molecule has 6 heteroatoms. The SMILES string of the molecule is CC(C)N(Cc1cccs1)c1ncc(Br)cc1C(=O)O. The predicted octanol–water partition coefficient (Wildman–Crippen LogP) is 4.02. The molecule has 2 heterocycles. The number of aromatic carboxylic acids is 1. The molecule has 20 heavy (non-hydrogen) atoms. The quantitative estimate of drug-likeness (QED) is 0.880. The molecule has 0 atom stereocenters. The van der Waals surface area contributed by atoms with Crippen LogP contribution in [-0.4, -0.2) is 22.1 Å². The number of thiophene rings is 1. The van der Waals surface area contributed by atoms with Crippen molar-refractivity contribution in [2.45, 2.75) is 26.4 Å². The average Bonchev–Trinajstić information content (AvgIpc) is 2.89. The minimum absolute atomic E-state index is 0.156. The van der Waals surface area contributed by atoms with E-state index in [9.17, 15) is 9.90 Å². The van der Waals surface area contributed by atoms with E-state index in [1.165, 1.54) is 4.88 Å². The van der Waals surface area contributed by atoms with Gasteiger partial charge in [0.1, 0.15) is 11.4 Å². The lowest BCUT2D eigenvalue weighted by Gasteiger charge is -2.28. The first kappa shape index (κ1) is 15.0. The smallest absolute Gasteiger partial charge is 0.339 e. The number of carboxylic acid groups (broad SMARTS) is 1. The Kier molecular flexibility index (Phi) is 4.77. The van der Waals surface area contributed by atoms with Crippen molar-refractivity contribution in [3.8, 4) is 0 Å². The molecule has 2 aromatic rings. The zero-order valence-corrected chi connectivity index (χ0v) is 13.6. The Bertz CT molecular complexity index is 599. The maximum atomic E-state index is 11.4. The third-order valence-corrected chi connectivity index (χ3v) is 4.16. The van der Waals surface area contributed by atoms with E-state index in [0.29, 0.717) is 16.8 Å². The van der Waals surface area contributed by atoms with Crippen LogP contribution in [0.15, 0.2) is 34.2 Å². The van der Waals surface area contributed by atoms with Crippen LogP contribution in [-0.2, 0) is 6.54 Å². The highest BCUT2D eigenvalue weighted by Crippen LogP contribution is 2.26. The highest BCUT2D eigenvalue weighted by atomic mass is 79.9. The normalized spacial score (nSPS) is 10.8. The molecule has 0 saturated carbocycles. The predicted molar refractivity (Wildman–Crippen MR) is 84.5 cm³/mol. The summed E-state index contributed by atoms with van der Waals surface area (Å²) in [4.78, 5) is 18.9. The monoisotopic (exact) mass is 354 g/mol. The number of carboxylic acids is 1. The van der Waals surface area contributed by atoms with Crippen molar-refractivity contribution in [1.29, 1.82) is 0 Å². The van der Waals surface area contributed by atoms with Crippen LogP contribution in [0.25, 0.3) is 0 Å². The van der Waals surface area contributed by atoms with Crippen LogP contribution < -0.4 is 4.90 Å². The lowest BCUT2D eigenvalue weighted by atomic mass is 10.2. The van der Waals surface area contributed by atoms with Gasteiger partial charge < -0.3 is 10.0 Å². The van der Waals surface area contributed by atoms with Crippen LogP contribution in [0.4, 0.5) is 5.82 Å². The Morgan fingerprint density at radius 1 is 1.55 bits per heavy atom. The average molecular weight is 355 g/mol. The van der Waals surface area contributed by atoms with Crippen molar-refractivity contribution < 1.29 is 9.90 Å². The summed E-state index contributed by atoms with van der Waals surface area (Å²) in [5.74, 6) is -0.463. The van der Waals surface area contributed by atoms with Crippen LogP contribution in [0.3, 0.4) is 0 Å². The van der Waals surface area contributed by atoms with E-state index >= 15 is 0 Å². The van der Waals surface area contributed by atoms with Crippen LogP contribution >= 0.6 is 27.3 Å². The summed E-state index contributed by atoms with van der Waals surface area (Å²) in [5, 5.41) is 11.4. The lowest BCUT2D eigenvalue weighted by Crippen LogP contribution is -2.32. The minimum Gasteiger partial charge on any atom is -0.478 e. The molecule has 0 amide bonds. The van der Waals surface area contributed by atoms with Crippen LogP contribution in [0.1, 0.15) is 29.1 Å². The number of pyridine rings is 1. The van der Waals surface area contributed by atoms with E-state index in [0.717, 1.165) is 0 Å². The van der Waals surface area contributed by atoms with Crippen LogP contribution in [0.5, 0.6) is 0 Å². The van der Waals surface area contributed by atoms with Gasteiger partial charge in [0, 0.05) is 21.6 Å². The van der Waals surface area contributed by atoms with Crippen LogP contribution in [0.2, 0.25) is 0 Å². The molecule has 0 aromatic carbocycles. The fourth-order valence-corrected chi connectivity index (χ4v) is 2.92. The molecular weight excluding hydrogens is 340 g/mol. The zero-order valence-electron chi connectivity index (χ0n) is 11.2. The molecule has 0 saturated heterocycles. The fourth-order valence-electron chi connectivity index (χ4n) is 1.89. The lowest BCUT2D eigenvalue weighted by molar-refractivity contribution is 0.0697. The Labute approximate surface area is 130 Å². The molecule has 0 aliphatic carbocycles. The van der Waals surface area contributed by atoms with Gasteiger partial charge in [-0.2, -0.15) is 0 Å². The van der Waals surface area contributed by atoms with Crippen molar-refractivity contribution in [2.75, 3.05) is 4.90 Å². The standard InChI is InChI=1S/C14H15BrN2O2S/c1-9(2)17(8-11-4-3-5-20-11)13-12(14(18)19)6-10(15)7-16-13/h3-7,9H,8H2,1-2H3,(H,18,19). The van der Waals surface area contributed by atoms with Gasteiger partial charge in [0.15, 0.2) is 0 Å². The second-order valence-corrected chi connectivity index (χ2v) is 6.58. The molecule has 0 bridgehead atoms. The van der Waals surface area contributed by atoms with Gasteiger partial charge in [-0.3, -0.25) is 0 Å². The van der Waals surface area contributed by atoms with Crippen molar-refractivity contribution in [3.63, 3.8) is 0 Å². The first-order valence-electron chi connectivity index (χ1n) is 6.17. The Morgan fingerprint density at radius 2 is 2.30 bits per heavy atom. The number of hydrogen-bond acceptors (Lipinski definition) is 4. The van der Waals surface area contributed by atoms with Crippen molar-refractivity contribution >= 4 is 39.1 Å².